The number of benzene rings is 2. The van der Waals surface area contributed by atoms with Crippen molar-refractivity contribution >= 4 is 46.1 Å². The first-order valence-electron chi connectivity index (χ1n) is 10.6. The Morgan fingerprint density at radius 1 is 1.20 bits per heavy atom. The number of nitrogens with zero attached hydrogens (tertiary/aromatic N) is 2. The quantitative estimate of drug-likeness (QED) is 0.156. The Kier molecular flexibility index (Phi) is 10.5. The monoisotopic (exact) mass is 608 g/mol. The van der Waals surface area contributed by atoms with Crippen molar-refractivity contribution in [3.63, 3.8) is 0 Å². The zero-order valence-corrected chi connectivity index (χ0v) is 20.7. The van der Waals surface area contributed by atoms with Crippen LogP contribution in [0.25, 0.3) is 0 Å². The minimum Gasteiger partial charge on any atom is -0.393 e. The molecule has 1 fully saturated rings. The highest BCUT2D eigenvalue weighted by atomic mass is 127. The standard InChI is InChI=1S/C22H24F3IN4O5/c23-17-12-15(26)1-2-18(17)28-21-16(11-14(19(24)20(21)25)13-27-34-10-6-31)22(32)29-35-9-5-30-3-7-33-8-4-30/h1-2,11-13,28,31H,3-10H2,(H,29,32)/b27-13+. The van der Waals surface area contributed by atoms with Crippen molar-refractivity contribution in [2.75, 3.05) is 58.0 Å². The highest BCUT2D eigenvalue weighted by molar-refractivity contribution is 14.1. The number of carbonyl (C=O) groups excluding carboxylic acids is 1. The van der Waals surface area contributed by atoms with E-state index in [1.807, 2.05) is 22.6 Å². The van der Waals surface area contributed by atoms with E-state index in [1.165, 1.54) is 12.1 Å². The summed E-state index contributed by atoms with van der Waals surface area (Å²) in [6.07, 6.45) is 0.860. The van der Waals surface area contributed by atoms with Crippen molar-refractivity contribution in [2.24, 2.45) is 5.16 Å². The van der Waals surface area contributed by atoms with Gasteiger partial charge in [0.15, 0.2) is 11.6 Å². The molecule has 0 radical (unpaired) electrons. The predicted octanol–water partition coefficient (Wildman–Crippen LogP) is 2.79. The van der Waals surface area contributed by atoms with Gasteiger partial charge in [-0.15, -0.1) is 0 Å². The van der Waals surface area contributed by atoms with E-state index in [2.05, 4.69) is 20.9 Å². The number of oxime groups is 1. The first-order chi connectivity index (χ1) is 16.9. The number of ether oxygens (including phenoxy) is 1. The van der Waals surface area contributed by atoms with Gasteiger partial charge in [-0.2, -0.15) is 0 Å². The Balaban J connectivity index is 1.82. The number of hydroxylamine groups is 1. The van der Waals surface area contributed by atoms with Gasteiger partial charge in [0.05, 0.1) is 49.6 Å². The summed E-state index contributed by atoms with van der Waals surface area (Å²) in [6.45, 7) is 2.88. The number of hydrogen-bond donors (Lipinski definition) is 3. The lowest BCUT2D eigenvalue weighted by Gasteiger charge is -2.26. The van der Waals surface area contributed by atoms with Crippen molar-refractivity contribution in [3.05, 3.63) is 56.4 Å². The predicted molar refractivity (Wildman–Crippen MR) is 130 cm³/mol. The number of anilines is 2. The molecular formula is C22H24F3IN4O5. The maximum atomic E-state index is 15.0. The van der Waals surface area contributed by atoms with E-state index < -0.39 is 34.6 Å². The van der Waals surface area contributed by atoms with Gasteiger partial charge >= 0.3 is 0 Å². The summed E-state index contributed by atoms with van der Waals surface area (Å²) in [7, 11) is 0. The number of morpholine rings is 1. The van der Waals surface area contributed by atoms with Crippen LogP contribution in [0.3, 0.4) is 0 Å². The summed E-state index contributed by atoms with van der Waals surface area (Å²) in [5.41, 5.74) is 0.731. The second kappa shape index (κ2) is 13.6. The van der Waals surface area contributed by atoms with E-state index in [0.717, 1.165) is 25.4 Å². The van der Waals surface area contributed by atoms with Gasteiger partial charge in [-0.1, -0.05) is 5.16 Å². The van der Waals surface area contributed by atoms with Crippen molar-refractivity contribution in [3.8, 4) is 0 Å². The summed E-state index contributed by atoms with van der Waals surface area (Å²) < 4.78 is 50.0. The first-order valence-corrected chi connectivity index (χ1v) is 11.7. The van der Waals surface area contributed by atoms with Crippen LogP contribution in [0.4, 0.5) is 24.5 Å². The molecule has 13 heteroatoms. The minimum absolute atomic E-state index is 0.146. The fourth-order valence-corrected chi connectivity index (χ4v) is 3.58. The molecule has 0 bridgehead atoms. The molecule has 0 saturated carbocycles. The molecule has 0 unspecified atom stereocenters. The molecule has 3 N–H and O–H groups in total. The van der Waals surface area contributed by atoms with Gasteiger partial charge in [0, 0.05) is 28.8 Å². The molecule has 2 aromatic rings. The highest BCUT2D eigenvalue weighted by Crippen LogP contribution is 2.30. The third-order valence-corrected chi connectivity index (χ3v) is 5.57. The van der Waals surface area contributed by atoms with Crippen molar-refractivity contribution < 1.29 is 37.5 Å². The molecule has 2 aromatic carbocycles. The topological polar surface area (TPSA) is 105 Å². The Bertz CT molecular complexity index is 1050. The molecule has 9 nitrogen and oxygen atoms in total. The van der Waals surface area contributed by atoms with Crippen LogP contribution in [-0.4, -0.2) is 74.8 Å². The van der Waals surface area contributed by atoms with Crippen LogP contribution in [0.15, 0.2) is 29.4 Å². The van der Waals surface area contributed by atoms with Crippen LogP contribution in [0.2, 0.25) is 0 Å². The summed E-state index contributed by atoms with van der Waals surface area (Å²) >= 11 is 1.91. The fourth-order valence-electron chi connectivity index (χ4n) is 3.13. The van der Waals surface area contributed by atoms with E-state index in [4.69, 9.17) is 19.5 Å². The Labute approximate surface area is 213 Å². The second-order valence-corrected chi connectivity index (χ2v) is 8.54. The SMILES string of the molecule is O=C(NOCCN1CCOCC1)c1cc(/C=N/OCCO)c(F)c(F)c1Nc1ccc(I)cc1F. The fraction of sp³-hybridized carbons (Fsp3) is 0.364. The van der Waals surface area contributed by atoms with Crippen LogP contribution in [0.1, 0.15) is 15.9 Å². The Hall–Kier alpha value is -2.46. The van der Waals surface area contributed by atoms with Crippen LogP contribution in [0, 0.1) is 21.0 Å². The summed E-state index contributed by atoms with van der Waals surface area (Å²) in [4.78, 5) is 24.8. The molecule has 0 aromatic heterocycles. The molecule has 1 heterocycles. The maximum absolute atomic E-state index is 15.0. The lowest BCUT2D eigenvalue weighted by atomic mass is 10.1. The number of rotatable bonds is 11. The Morgan fingerprint density at radius 3 is 2.69 bits per heavy atom. The van der Waals surface area contributed by atoms with Crippen LogP contribution in [-0.2, 0) is 14.4 Å². The van der Waals surface area contributed by atoms with Gasteiger partial charge in [-0.25, -0.2) is 18.7 Å². The number of aliphatic hydroxyl groups excluding tert-OH is 1. The highest BCUT2D eigenvalue weighted by Gasteiger charge is 2.23. The Morgan fingerprint density at radius 2 is 1.97 bits per heavy atom. The molecule has 1 amide bonds. The van der Waals surface area contributed by atoms with E-state index in [1.54, 1.807) is 6.07 Å². The number of carbonyl (C=O) groups is 1. The number of hydrogen-bond acceptors (Lipinski definition) is 8. The molecule has 0 atom stereocenters. The molecule has 35 heavy (non-hydrogen) atoms. The average Bonchev–Trinajstić information content (AvgIpc) is 2.85. The molecule has 1 aliphatic heterocycles. The molecule has 190 valence electrons. The lowest BCUT2D eigenvalue weighted by Crippen LogP contribution is -2.39. The lowest BCUT2D eigenvalue weighted by molar-refractivity contribution is -0.00175. The third-order valence-electron chi connectivity index (χ3n) is 4.90. The molecule has 3 rings (SSSR count). The summed E-state index contributed by atoms with van der Waals surface area (Å²) in [5.74, 6) is -4.36. The molecule has 0 spiro atoms. The van der Waals surface area contributed by atoms with E-state index in [-0.39, 0.29) is 31.1 Å². The minimum atomic E-state index is -1.42. The summed E-state index contributed by atoms with van der Waals surface area (Å²) in [5, 5.41) is 14.6. The van der Waals surface area contributed by atoms with E-state index >= 15 is 4.39 Å². The average molecular weight is 608 g/mol. The van der Waals surface area contributed by atoms with Crippen molar-refractivity contribution in [1.82, 2.24) is 10.4 Å². The van der Waals surface area contributed by atoms with Gasteiger partial charge < -0.3 is 20.0 Å². The van der Waals surface area contributed by atoms with Crippen LogP contribution in [0.5, 0.6) is 0 Å². The van der Waals surface area contributed by atoms with Gasteiger partial charge in [-0.3, -0.25) is 14.5 Å². The van der Waals surface area contributed by atoms with Crippen molar-refractivity contribution in [2.45, 2.75) is 0 Å². The number of halogens is 4. The number of amides is 1. The zero-order valence-electron chi connectivity index (χ0n) is 18.5. The van der Waals surface area contributed by atoms with Crippen molar-refractivity contribution in [1.29, 1.82) is 0 Å². The van der Waals surface area contributed by atoms with Crippen LogP contribution < -0.4 is 10.8 Å². The second-order valence-electron chi connectivity index (χ2n) is 7.29. The summed E-state index contributed by atoms with van der Waals surface area (Å²) in [6, 6.07) is 5.13. The van der Waals surface area contributed by atoms with E-state index in [0.29, 0.717) is 23.3 Å². The third kappa shape index (κ3) is 7.76. The van der Waals surface area contributed by atoms with Gasteiger partial charge in [0.25, 0.3) is 5.91 Å². The number of aliphatic hydroxyl groups is 1. The first kappa shape index (κ1) is 27.1. The van der Waals surface area contributed by atoms with Gasteiger partial charge in [0.1, 0.15) is 12.4 Å². The zero-order chi connectivity index (χ0) is 25.2. The molecular weight excluding hydrogens is 584 g/mol. The molecule has 1 saturated heterocycles. The smallest absolute Gasteiger partial charge is 0.277 e. The molecule has 0 aliphatic carbocycles. The normalized spacial score (nSPS) is 14.3. The largest absolute Gasteiger partial charge is 0.393 e. The van der Waals surface area contributed by atoms with Crippen LogP contribution >= 0.6 is 22.6 Å². The van der Waals surface area contributed by atoms with Gasteiger partial charge in [0.2, 0.25) is 0 Å². The number of nitrogens with one attached hydrogen (secondary N) is 2. The maximum Gasteiger partial charge on any atom is 0.277 e. The molecule has 1 aliphatic rings. The van der Waals surface area contributed by atoms with E-state index in [9.17, 15) is 13.6 Å². The van der Waals surface area contributed by atoms with Gasteiger partial charge in [-0.05, 0) is 46.9 Å².